The zero-order chi connectivity index (χ0) is 12.9. The monoisotopic (exact) mass is 255 g/mol. The van der Waals surface area contributed by atoms with Crippen molar-refractivity contribution >= 4 is 0 Å². The maximum absolute atomic E-state index is 11.9. The zero-order valence-corrected chi connectivity index (χ0v) is 10.0. The molecule has 17 heavy (non-hydrogen) atoms. The van der Waals surface area contributed by atoms with Crippen LogP contribution in [0.2, 0.25) is 0 Å². The van der Waals surface area contributed by atoms with Gasteiger partial charge in [-0.15, -0.1) is 0 Å². The number of halogens is 3. The molecule has 0 amide bonds. The molecule has 2 N–H and O–H groups in total. The van der Waals surface area contributed by atoms with E-state index in [2.05, 4.69) is 5.32 Å². The zero-order valence-electron chi connectivity index (χ0n) is 10.0. The molecule has 1 saturated carbocycles. The van der Waals surface area contributed by atoms with Crippen molar-refractivity contribution < 1.29 is 23.0 Å². The van der Waals surface area contributed by atoms with Crippen LogP contribution in [0, 0.1) is 0 Å². The van der Waals surface area contributed by atoms with E-state index in [9.17, 15) is 18.3 Å². The van der Waals surface area contributed by atoms with E-state index in [0.29, 0.717) is 12.8 Å². The summed E-state index contributed by atoms with van der Waals surface area (Å²) in [4.78, 5) is 0. The van der Waals surface area contributed by atoms with Gasteiger partial charge in [0.1, 0.15) is 0 Å². The molecule has 0 saturated heterocycles. The minimum Gasteiger partial charge on any atom is -0.394 e. The Morgan fingerprint density at radius 3 is 2.71 bits per heavy atom. The van der Waals surface area contributed by atoms with Crippen LogP contribution in [0.3, 0.4) is 0 Å². The van der Waals surface area contributed by atoms with Gasteiger partial charge in [-0.3, -0.25) is 0 Å². The Hall–Kier alpha value is -0.330. The second kappa shape index (κ2) is 6.02. The van der Waals surface area contributed by atoms with Crippen LogP contribution in [0.5, 0.6) is 0 Å². The summed E-state index contributed by atoms with van der Waals surface area (Å²) in [6.45, 7) is 2.38. The fourth-order valence-electron chi connectivity index (χ4n) is 2.30. The number of likely N-dealkylation sites (N-methyl/N-ethyl adjacent to an activating group) is 1. The van der Waals surface area contributed by atoms with E-state index >= 15 is 0 Å². The lowest BCUT2D eigenvalue weighted by molar-refractivity contribution is -0.149. The lowest BCUT2D eigenvalue weighted by Crippen LogP contribution is -2.46. The summed E-state index contributed by atoms with van der Waals surface area (Å²) < 4.78 is 41.0. The van der Waals surface area contributed by atoms with Crippen molar-refractivity contribution in [3.63, 3.8) is 0 Å². The fraction of sp³-hybridized carbons (Fsp3) is 1.00. The Kier molecular flexibility index (Phi) is 5.22. The van der Waals surface area contributed by atoms with Gasteiger partial charge in [0.05, 0.1) is 25.7 Å². The summed E-state index contributed by atoms with van der Waals surface area (Å²) in [5.74, 6) is 0. The van der Waals surface area contributed by atoms with Gasteiger partial charge in [0.2, 0.25) is 0 Å². The van der Waals surface area contributed by atoms with E-state index in [4.69, 9.17) is 4.74 Å². The largest absolute Gasteiger partial charge is 0.394 e. The quantitative estimate of drug-likeness (QED) is 0.761. The summed E-state index contributed by atoms with van der Waals surface area (Å²) in [5.41, 5.74) is -0.363. The van der Waals surface area contributed by atoms with Crippen LogP contribution in [-0.2, 0) is 4.74 Å². The molecular weight excluding hydrogens is 235 g/mol. The third-order valence-corrected chi connectivity index (χ3v) is 3.16. The highest BCUT2D eigenvalue weighted by atomic mass is 19.4. The average molecular weight is 255 g/mol. The van der Waals surface area contributed by atoms with Crippen molar-refractivity contribution in [2.24, 2.45) is 0 Å². The molecule has 0 aromatic carbocycles. The van der Waals surface area contributed by atoms with Crippen LogP contribution < -0.4 is 5.32 Å². The molecule has 2 atom stereocenters. The molecule has 1 fully saturated rings. The van der Waals surface area contributed by atoms with Crippen LogP contribution in [0.1, 0.15) is 32.6 Å². The van der Waals surface area contributed by atoms with Crippen LogP contribution in [-0.4, -0.2) is 42.7 Å². The predicted octanol–water partition coefficient (Wildman–Crippen LogP) is 1.85. The van der Waals surface area contributed by atoms with Crippen molar-refractivity contribution in [3.05, 3.63) is 0 Å². The first-order chi connectivity index (χ1) is 7.91. The smallest absolute Gasteiger partial charge is 0.391 e. The van der Waals surface area contributed by atoms with E-state index in [0.717, 1.165) is 13.0 Å². The summed E-state index contributed by atoms with van der Waals surface area (Å²) in [6.07, 6.45) is -3.22. The summed E-state index contributed by atoms with van der Waals surface area (Å²) in [7, 11) is 0. The molecule has 102 valence electrons. The molecule has 1 aliphatic rings. The van der Waals surface area contributed by atoms with Crippen molar-refractivity contribution in [1.29, 1.82) is 0 Å². The lowest BCUT2D eigenvalue weighted by Gasteiger charge is -2.27. The van der Waals surface area contributed by atoms with Gasteiger partial charge < -0.3 is 15.2 Å². The summed E-state index contributed by atoms with van der Waals surface area (Å²) in [6, 6.07) is 0. The highest BCUT2D eigenvalue weighted by Crippen LogP contribution is 2.32. The predicted molar refractivity (Wildman–Crippen MR) is 57.8 cm³/mol. The van der Waals surface area contributed by atoms with E-state index in [1.807, 2.05) is 6.92 Å². The third-order valence-electron chi connectivity index (χ3n) is 3.16. The Balaban J connectivity index is 2.30. The van der Waals surface area contributed by atoms with Gasteiger partial charge in [-0.1, -0.05) is 6.92 Å². The van der Waals surface area contributed by atoms with Gasteiger partial charge >= 0.3 is 6.18 Å². The van der Waals surface area contributed by atoms with Crippen molar-refractivity contribution in [1.82, 2.24) is 5.32 Å². The summed E-state index contributed by atoms with van der Waals surface area (Å²) in [5, 5.41) is 12.5. The SMILES string of the molecule is CCNC1(CO)CCC(OCCC(F)(F)F)C1. The van der Waals surface area contributed by atoms with E-state index in [1.165, 1.54) is 0 Å². The minimum absolute atomic E-state index is 0.0000289. The molecule has 1 rings (SSSR count). The standard InChI is InChI=1S/C11H20F3NO2/c1-2-15-10(8-16)4-3-9(7-10)17-6-5-11(12,13)14/h9,15-16H,2-8H2,1H3. The molecule has 0 aliphatic heterocycles. The number of hydrogen-bond donors (Lipinski definition) is 2. The first-order valence-electron chi connectivity index (χ1n) is 5.95. The molecule has 3 nitrogen and oxygen atoms in total. The Bertz CT molecular complexity index is 235. The highest BCUT2D eigenvalue weighted by Gasteiger charge is 2.38. The molecule has 2 unspecified atom stereocenters. The third kappa shape index (κ3) is 4.81. The Labute approximate surface area is 99.3 Å². The number of hydrogen-bond acceptors (Lipinski definition) is 3. The van der Waals surface area contributed by atoms with E-state index in [1.54, 1.807) is 0 Å². The maximum Gasteiger partial charge on any atom is 0.391 e. The lowest BCUT2D eigenvalue weighted by atomic mass is 9.99. The van der Waals surface area contributed by atoms with E-state index in [-0.39, 0.29) is 24.9 Å². The molecular formula is C11H20F3NO2. The molecule has 0 aromatic heterocycles. The fourth-order valence-corrected chi connectivity index (χ4v) is 2.30. The molecule has 0 heterocycles. The van der Waals surface area contributed by atoms with Gasteiger partial charge in [0, 0.05) is 5.54 Å². The van der Waals surface area contributed by atoms with Crippen molar-refractivity contribution in [2.75, 3.05) is 19.8 Å². The van der Waals surface area contributed by atoms with Crippen molar-refractivity contribution in [3.8, 4) is 0 Å². The molecule has 0 radical (unpaired) electrons. The van der Waals surface area contributed by atoms with Crippen LogP contribution in [0.4, 0.5) is 13.2 Å². The second-order valence-electron chi connectivity index (χ2n) is 4.57. The van der Waals surface area contributed by atoms with E-state index < -0.39 is 12.6 Å². The average Bonchev–Trinajstić information content (AvgIpc) is 2.61. The van der Waals surface area contributed by atoms with Crippen LogP contribution >= 0.6 is 0 Å². The van der Waals surface area contributed by atoms with Gasteiger partial charge in [-0.05, 0) is 25.8 Å². The van der Waals surface area contributed by atoms with Gasteiger partial charge in [-0.25, -0.2) is 0 Å². The Morgan fingerprint density at radius 2 is 2.18 bits per heavy atom. The second-order valence-corrected chi connectivity index (χ2v) is 4.57. The number of aliphatic hydroxyl groups excluding tert-OH is 1. The molecule has 0 aromatic rings. The van der Waals surface area contributed by atoms with Gasteiger partial charge in [0.25, 0.3) is 0 Å². The number of aliphatic hydroxyl groups is 1. The number of ether oxygens (including phenoxy) is 1. The topological polar surface area (TPSA) is 41.5 Å². The molecule has 6 heteroatoms. The maximum atomic E-state index is 11.9. The first kappa shape index (κ1) is 14.7. The molecule has 0 spiro atoms. The number of alkyl halides is 3. The van der Waals surface area contributed by atoms with Crippen LogP contribution in [0.25, 0.3) is 0 Å². The van der Waals surface area contributed by atoms with Crippen LogP contribution in [0.15, 0.2) is 0 Å². The minimum atomic E-state index is -4.16. The summed E-state index contributed by atoms with van der Waals surface area (Å²) >= 11 is 0. The number of rotatable bonds is 6. The highest BCUT2D eigenvalue weighted by molar-refractivity contribution is 4.96. The molecule has 0 bridgehead atoms. The molecule has 1 aliphatic carbocycles. The normalized spacial score (nSPS) is 29.8. The van der Waals surface area contributed by atoms with Gasteiger partial charge in [-0.2, -0.15) is 13.2 Å². The Morgan fingerprint density at radius 1 is 1.47 bits per heavy atom. The first-order valence-corrected chi connectivity index (χ1v) is 5.95. The van der Waals surface area contributed by atoms with Gasteiger partial charge in [0.15, 0.2) is 0 Å². The van der Waals surface area contributed by atoms with Crippen molar-refractivity contribution in [2.45, 2.75) is 50.4 Å². The number of nitrogens with one attached hydrogen (secondary N) is 1.